The van der Waals surface area contributed by atoms with Gasteiger partial charge in [0.15, 0.2) is 0 Å². The van der Waals surface area contributed by atoms with Crippen molar-refractivity contribution in [3.05, 3.63) is 59.6 Å². The van der Waals surface area contributed by atoms with Crippen LogP contribution in [0.25, 0.3) is 11.4 Å². The summed E-state index contributed by atoms with van der Waals surface area (Å²) >= 11 is 0. The summed E-state index contributed by atoms with van der Waals surface area (Å²) in [5.41, 5.74) is 2.61. The molecule has 0 atom stereocenters. The molecule has 4 rings (SSSR count). The van der Waals surface area contributed by atoms with Crippen LogP contribution in [0.3, 0.4) is 0 Å². The normalized spacial score (nSPS) is 14.8. The lowest BCUT2D eigenvalue weighted by atomic mass is 10.1. The van der Waals surface area contributed by atoms with Crippen LogP contribution < -0.4 is 4.74 Å². The van der Waals surface area contributed by atoms with Crippen molar-refractivity contribution in [3.8, 4) is 17.3 Å². The van der Waals surface area contributed by atoms with Crippen LogP contribution in [-0.2, 0) is 6.54 Å². The van der Waals surface area contributed by atoms with Crippen molar-refractivity contribution in [2.24, 2.45) is 0 Å². The van der Waals surface area contributed by atoms with Crippen LogP contribution in [0.15, 0.2) is 47.1 Å². The van der Waals surface area contributed by atoms with Gasteiger partial charge in [-0.1, -0.05) is 35.0 Å². The predicted molar refractivity (Wildman–Crippen MR) is 106 cm³/mol. The van der Waals surface area contributed by atoms with Crippen molar-refractivity contribution in [2.75, 3.05) is 33.3 Å². The van der Waals surface area contributed by atoms with E-state index in [4.69, 9.17) is 9.26 Å². The van der Waals surface area contributed by atoms with Crippen LogP contribution in [0.5, 0.6) is 5.88 Å². The summed E-state index contributed by atoms with van der Waals surface area (Å²) in [4.78, 5) is 25.4. The summed E-state index contributed by atoms with van der Waals surface area (Å²) < 4.78 is 10.6. The van der Waals surface area contributed by atoms with Crippen molar-refractivity contribution in [1.82, 2.24) is 24.9 Å². The number of carbonyl (C=O) groups is 1. The molecule has 0 radical (unpaired) electrons. The number of nitrogens with zero attached hydrogens (tertiary/aromatic N) is 5. The van der Waals surface area contributed by atoms with Gasteiger partial charge in [0.1, 0.15) is 5.56 Å². The minimum atomic E-state index is -0.0611. The maximum atomic E-state index is 12.8. The molecule has 8 nitrogen and oxygen atoms in total. The van der Waals surface area contributed by atoms with Crippen LogP contribution in [0, 0.1) is 6.92 Å². The Bertz CT molecular complexity index is 978. The summed E-state index contributed by atoms with van der Waals surface area (Å²) in [6.07, 6.45) is 1.61. The zero-order valence-electron chi connectivity index (χ0n) is 16.5. The number of methoxy groups -OCH3 is 1. The lowest BCUT2D eigenvalue weighted by Crippen LogP contribution is -2.48. The number of piperazine rings is 1. The van der Waals surface area contributed by atoms with Crippen LogP contribution in [0.2, 0.25) is 0 Å². The Morgan fingerprint density at radius 3 is 2.62 bits per heavy atom. The van der Waals surface area contributed by atoms with E-state index in [1.807, 2.05) is 36.1 Å². The van der Waals surface area contributed by atoms with E-state index in [0.29, 0.717) is 42.8 Å². The Hall–Kier alpha value is -3.26. The van der Waals surface area contributed by atoms with Gasteiger partial charge in [-0.3, -0.25) is 9.69 Å². The molecule has 1 aromatic carbocycles. The Labute approximate surface area is 169 Å². The molecule has 0 saturated carbocycles. The van der Waals surface area contributed by atoms with Gasteiger partial charge >= 0.3 is 0 Å². The first-order valence-corrected chi connectivity index (χ1v) is 9.54. The molecule has 1 aliphatic rings. The molecule has 1 aliphatic heterocycles. The summed E-state index contributed by atoms with van der Waals surface area (Å²) in [5.74, 6) is 1.47. The SMILES string of the molecule is COc1ncccc1C(=O)N1CCN(Cc2nc(-c3ccc(C)cc3)no2)CC1. The second kappa shape index (κ2) is 8.40. The Kier molecular flexibility index (Phi) is 5.53. The highest BCUT2D eigenvalue weighted by Gasteiger charge is 2.25. The molecule has 2 aromatic heterocycles. The third-order valence-corrected chi connectivity index (χ3v) is 4.99. The van der Waals surface area contributed by atoms with Crippen LogP contribution in [0.4, 0.5) is 0 Å². The lowest BCUT2D eigenvalue weighted by molar-refractivity contribution is 0.0611. The molecule has 1 fully saturated rings. The average Bonchev–Trinajstić information content (AvgIpc) is 3.22. The molecule has 1 amide bonds. The minimum Gasteiger partial charge on any atom is -0.480 e. The standard InChI is InChI=1S/C21H23N5O3/c1-15-5-7-16(8-6-15)19-23-18(29-24-19)14-25-10-12-26(13-11-25)21(27)17-4-3-9-22-20(17)28-2/h3-9H,10-14H2,1-2H3. The fraction of sp³-hybridized carbons (Fsp3) is 0.333. The number of rotatable bonds is 5. The number of aryl methyl sites for hydroxylation is 1. The molecule has 3 heterocycles. The molecular weight excluding hydrogens is 370 g/mol. The second-order valence-corrected chi connectivity index (χ2v) is 7.01. The third kappa shape index (κ3) is 4.27. The highest BCUT2D eigenvalue weighted by Crippen LogP contribution is 2.19. The van der Waals surface area contributed by atoms with Gasteiger partial charge in [0.25, 0.3) is 5.91 Å². The fourth-order valence-electron chi connectivity index (χ4n) is 3.33. The summed E-state index contributed by atoms with van der Waals surface area (Å²) in [6, 6.07) is 11.5. The number of hydrogen-bond donors (Lipinski definition) is 0. The number of hydrogen-bond acceptors (Lipinski definition) is 7. The number of carbonyl (C=O) groups excluding carboxylic acids is 1. The van der Waals surface area contributed by atoms with Crippen LogP contribution >= 0.6 is 0 Å². The smallest absolute Gasteiger partial charge is 0.259 e. The van der Waals surface area contributed by atoms with E-state index in [2.05, 4.69) is 20.0 Å². The zero-order valence-corrected chi connectivity index (χ0v) is 16.5. The summed E-state index contributed by atoms with van der Waals surface area (Å²) in [5, 5.41) is 4.09. The number of aromatic nitrogens is 3. The minimum absolute atomic E-state index is 0.0611. The van der Waals surface area contributed by atoms with Gasteiger partial charge in [-0.05, 0) is 19.1 Å². The van der Waals surface area contributed by atoms with E-state index in [-0.39, 0.29) is 5.91 Å². The van der Waals surface area contributed by atoms with E-state index in [0.717, 1.165) is 18.7 Å². The Balaban J connectivity index is 1.34. The van der Waals surface area contributed by atoms with Gasteiger partial charge < -0.3 is 14.2 Å². The first-order chi connectivity index (χ1) is 14.1. The molecule has 3 aromatic rings. The lowest BCUT2D eigenvalue weighted by Gasteiger charge is -2.34. The molecule has 150 valence electrons. The molecule has 0 N–H and O–H groups in total. The summed E-state index contributed by atoms with van der Waals surface area (Å²) in [6.45, 7) is 5.32. The quantitative estimate of drug-likeness (QED) is 0.658. The van der Waals surface area contributed by atoms with Crippen molar-refractivity contribution in [1.29, 1.82) is 0 Å². The number of ether oxygens (including phenoxy) is 1. The monoisotopic (exact) mass is 393 g/mol. The van der Waals surface area contributed by atoms with E-state index in [9.17, 15) is 4.79 Å². The van der Waals surface area contributed by atoms with Gasteiger partial charge in [-0.25, -0.2) is 4.98 Å². The van der Waals surface area contributed by atoms with Crippen molar-refractivity contribution in [3.63, 3.8) is 0 Å². The zero-order chi connectivity index (χ0) is 20.2. The number of benzene rings is 1. The first-order valence-electron chi connectivity index (χ1n) is 9.54. The van der Waals surface area contributed by atoms with Gasteiger partial charge in [-0.15, -0.1) is 0 Å². The fourth-order valence-corrected chi connectivity index (χ4v) is 3.33. The highest BCUT2D eigenvalue weighted by atomic mass is 16.5. The molecule has 0 unspecified atom stereocenters. The molecular formula is C21H23N5O3. The largest absolute Gasteiger partial charge is 0.480 e. The van der Waals surface area contributed by atoms with E-state index in [1.54, 1.807) is 18.3 Å². The topological polar surface area (TPSA) is 84.6 Å². The van der Waals surface area contributed by atoms with Crippen LogP contribution in [-0.4, -0.2) is 64.1 Å². The van der Waals surface area contributed by atoms with E-state index >= 15 is 0 Å². The second-order valence-electron chi connectivity index (χ2n) is 7.01. The Morgan fingerprint density at radius 2 is 1.90 bits per heavy atom. The highest BCUT2D eigenvalue weighted by molar-refractivity contribution is 5.96. The van der Waals surface area contributed by atoms with Crippen LogP contribution in [0.1, 0.15) is 21.8 Å². The third-order valence-electron chi connectivity index (χ3n) is 4.99. The van der Waals surface area contributed by atoms with E-state index < -0.39 is 0 Å². The van der Waals surface area contributed by atoms with E-state index in [1.165, 1.54) is 12.7 Å². The van der Waals surface area contributed by atoms with Gasteiger partial charge in [0.05, 0.1) is 13.7 Å². The molecule has 0 bridgehead atoms. The average molecular weight is 393 g/mol. The molecule has 8 heteroatoms. The molecule has 29 heavy (non-hydrogen) atoms. The van der Waals surface area contributed by atoms with Gasteiger partial charge in [-0.2, -0.15) is 4.98 Å². The van der Waals surface area contributed by atoms with Gasteiger partial charge in [0, 0.05) is 37.9 Å². The van der Waals surface area contributed by atoms with Crippen molar-refractivity contribution < 1.29 is 14.1 Å². The van der Waals surface area contributed by atoms with Gasteiger partial charge in [0.2, 0.25) is 17.6 Å². The maximum absolute atomic E-state index is 12.8. The summed E-state index contributed by atoms with van der Waals surface area (Å²) in [7, 11) is 1.52. The Morgan fingerprint density at radius 1 is 1.14 bits per heavy atom. The molecule has 1 saturated heterocycles. The van der Waals surface area contributed by atoms with Crippen molar-refractivity contribution in [2.45, 2.75) is 13.5 Å². The maximum Gasteiger partial charge on any atom is 0.259 e. The molecule has 0 aliphatic carbocycles. The number of pyridine rings is 1. The van der Waals surface area contributed by atoms with Crippen molar-refractivity contribution >= 4 is 5.91 Å². The first kappa shape index (κ1) is 19.1. The number of amides is 1. The molecule has 0 spiro atoms. The predicted octanol–water partition coefficient (Wildman–Crippen LogP) is 2.41.